The van der Waals surface area contributed by atoms with Gasteiger partial charge in [-0.1, -0.05) is 13.8 Å². The molecule has 166 valence electrons. The van der Waals surface area contributed by atoms with Crippen LogP contribution < -0.4 is 4.90 Å². The van der Waals surface area contributed by atoms with Gasteiger partial charge in [-0.25, -0.2) is 9.69 Å². The van der Waals surface area contributed by atoms with Gasteiger partial charge in [0.25, 0.3) is 5.91 Å². The molecule has 1 fully saturated rings. The van der Waals surface area contributed by atoms with Crippen molar-refractivity contribution in [3.8, 4) is 0 Å². The van der Waals surface area contributed by atoms with E-state index in [1.54, 1.807) is 31.1 Å². The van der Waals surface area contributed by atoms with E-state index < -0.39 is 23.0 Å². The van der Waals surface area contributed by atoms with E-state index in [1.165, 1.54) is 24.3 Å². The van der Waals surface area contributed by atoms with Crippen molar-refractivity contribution in [1.29, 1.82) is 0 Å². The molecule has 1 saturated heterocycles. The average Bonchev–Trinajstić information content (AvgIpc) is 2.85. The number of amides is 3. The van der Waals surface area contributed by atoms with Crippen LogP contribution in [-0.4, -0.2) is 32.9 Å². The fourth-order valence-electron chi connectivity index (χ4n) is 3.78. The lowest BCUT2D eigenvalue weighted by atomic mass is 9.92. The van der Waals surface area contributed by atoms with E-state index >= 15 is 0 Å². The number of benzene rings is 1. The van der Waals surface area contributed by atoms with Crippen LogP contribution >= 0.6 is 11.8 Å². The molecule has 1 unspecified atom stereocenters. The molecule has 3 amide bonds. The Morgan fingerprint density at radius 1 is 1.03 bits per heavy atom. The smallest absolute Gasteiger partial charge is 0.303 e. The molecular weight excluding hydrogens is 427 g/mol. The zero-order valence-electron chi connectivity index (χ0n) is 17.7. The van der Waals surface area contributed by atoms with Crippen molar-refractivity contribution >= 4 is 29.4 Å². The van der Waals surface area contributed by atoms with Crippen molar-refractivity contribution in [2.24, 2.45) is 5.92 Å². The fraction of sp³-hybridized carbons (Fsp3) is 0.409. The summed E-state index contributed by atoms with van der Waals surface area (Å²) in [5.74, 6) is -0.166. The molecule has 9 heteroatoms. The fourth-order valence-corrected chi connectivity index (χ4v) is 4.32. The van der Waals surface area contributed by atoms with Gasteiger partial charge in [0.05, 0.1) is 11.7 Å². The number of pyridine rings is 1. The number of imide groups is 1. The number of urea groups is 1. The predicted molar refractivity (Wildman–Crippen MR) is 114 cm³/mol. The summed E-state index contributed by atoms with van der Waals surface area (Å²) in [7, 11) is 0. The lowest BCUT2D eigenvalue weighted by Gasteiger charge is -2.36. The highest BCUT2D eigenvalue weighted by Crippen LogP contribution is 2.42. The topological polar surface area (TPSA) is 53.5 Å². The van der Waals surface area contributed by atoms with E-state index in [-0.39, 0.29) is 34.3 Å². The van der Waals surface area contributed by atoms with Crippen molar-refractivity contribution in [2.45, 2.75) is 56.1 Å². The second-order valence-electron chi connectivity index (χ2n) is 8.32. The zero-order valence-corrected chi connectivity index (χ0v) is 18.5. The highest BCUT2D eigenvalue weighted by Gasteiger charge is 2.54. The molecule has 0 radical (unpaired) electrons. The highest BCUT2D eigenvalue weighted by molar-refractivity contribution is 8.00. The predicted octanol–water partition coefficient (Wildman–Crippen LogP) is 6.03. The third kappa shape index (κ3) is 4.87. The molecule has 0 saturated carbocycles. The second kappa shape index (κ2) is 8.53. The molecule has 5 nitrogen and oxygen atoms in total. The molecule has 31 heavy (non-hydrogen) atoms. The van der Waals surface area contributed by atoms with Crippen LogP contribution in [0, 0.1) is 5.92 Å². The Labute approximate surface area is 183 Å². The molecule has 1 aliphatic rings. The van der Waals surface area contributed by atoms with Crippen molar-refractivity contribution < 1.29 is 22.8 Å². The summed E-state index contributed by atoms with van der Waals surface area (Å²) in [6, 6.07) is 8.07. The number of carbonyl (C=O) groups excluding carboxylic acids is 2. The molecule has 1 aromatic heterocycles. The zero-order chi connectivity index (χ0) is 23.0. The van der Waals surface area contributed by atoms with Crippen LogP contribution in [0.5, 0.6) is 0 Å². The summed E-state index contributed by atoms with van der Waals surface area (Å²) in [4.78, 5) is 33.4. The number of thioether (sulfide) groups is 1. The van der Waals surface area contributed by atoms with Gasteiger partial charge in [-0.05, 0) is 79.9 Å². The third-order valence-corrected chi connectivity index (χ3v) is 5.89. The Morgan fingerprint density at radius 2 is 1.61 bits per heavy atom. The van der Waals surface area contributed by atoms with Crippen molar-refractivity contribution in [1.82, 2.24) is 9.88 Å². The van der Waals surface area contributed by atoms with E-state index in [0.29, 0.717) is 6.42 Å². The van der Waals surface area contributed by atoms with Gasteiger partial charge in [0, 0.05) is 17.3 Å². The Balaban J connectivity index is 1.97. The number of hydrogen-bond acceptors (Lipinski definition) is 4. The lowest BCUT2D eigenvalue weighted by molar-refractivity contribution is -0.124. The van der Waals surface area contributed by atoms with E-state index in [2.05, 4.69) is 4.98 Å². The lowest BCUT2D eigenvalue weighted by Crippen LogP contribution is -2.46. The number of alkyl halides is 3. The van der Waals surface area contributed by atoms with Gasteiger partial charge in [-0.2, -0.15) is 13.2 Å². The van der Waals surface area contributed by atoms with Gasteiger partial charge in [0.1, 0.15) is 5.54 Å². The summed E-state index contributed by atoms with van der Waals surface area (Å²) in [6.07, 6.45) is 3.93. The summed E-state index contributed by atoms with van der Waals surface area (Å²) in [5.41, 5.74) is -4.42. The largest absolute Gasteiger partial charge is 0.446 e. The Hall–Kier alpha value is -2.55. The van der Waals surface area contributed by atoms with Crippen LogP contribution in [0.15, 0.2) is 53.7 Å². The molecular formula is C22H24F3N3O2S. The maximum atomic E-state index is 13.5. The van der Waals surface area contributed by atoms with Gasteiger partial charge >= 0.3 is 11.5 Å². The first-order valence-electron chi connectivity index (χ1n) is 9.85. The van der Waals surface area contributed by atoms with Crippen LogP contribution in [0.2, 0.25) is 0 Å². The standard InChI is InChI=1S/C22H24F3N3O2S/c1-14(2)13-18(15-9-11-26-12-10-15)28-20(30)27(19(29)21(28,3)4)16-5-7-17(8-6-16)31-22(23,24)25/h5-12,14,18H,13H2,1-4H3. The van der Waals surface area contributed by atoms with Gasteiger partial charge < -0.3 is 4.90 Å². The molecule has 2 aromatic rings. The first kappa shape index (κ1) is 23.1. The maximum Gasteiger partial charge on any atom is 0.446 e. The monoisotopic (exact) mass is 451 g/mol. The normalized spacial score (nSPS) is 17.5. The molecule has 1 aromatic carbocycles. The van der Waals surface area contributed by atoms with Crippen molar-refractivity contribution in [2.75, 3.05) is 4.90 Å². The molecule has 1 aliphatic heterocycles. The van der Waals surface area contributed by atoms with Gasteiger partial charge in [0.2, 0.25) is 0 Å². The molecule has 0 N–H and O–H groups in total. The summed E-state index contributed by atoms with van der Waals surface area (Å²) in [5, 5.41) is 0. The van der Waals surface area contributed by atoms with E-state index in [9.17, 15) is 22.8 Å². The molecule has 1 atom stereocenters. The number of aromatic nitrogens is 1. The quantitative estimate of drug-likeness (QED) is 0.398. The molecule has 0 bridgehead atoms. The Morgan fingerprint density at radius 3 is 2.13 bits per heavy atom. The summed E-state index contributed by atoms with van der Waals surface area (Å²) in [6.45, 7) is 7.46. The van der Waals surface area contributed by atoms with Crippen molar-refractivity contribution in [3.63, 3.8) is 0 Å². The Bertz CT molecular complexity index is 947. The summed E-state index contributed by atoms with van der Waals surface area (Å²) >= 11 is -0.242. The first-order chi connectivity index (χ1) is 14.4. The highest BCUT2D eigenvalue weighted by atomic mass is 32.2. The number of halogens is 3. The number of anilines is 1. The van der Waals surface area contributed by atoms with Crippen LogP contribution in [0.1, 0.15) is 45.7 Å². The molecule has 3 rings (SSSR count). The minimum absolute atomic E-state index is 0.0130. The average molecular weight is 452 g/mol. The SMILES string of the molecule is CC(C)CC(c1ccncc1)N1C(=O)N(c2ccc(SC(F)(F)F)cc2)C(=O)C1(C)C. The van der Waals surface area contributed by atoms with Crippen LogP contribution in [0.3, 0.4) is 0 Å². The number of hydrogen-bond donors (Lipinski definition) is 0. The van der Waals surface area contributed by atoms with E-state index in [1.807, 2.05) is 26.0 Å². The number of carbonyl (C=O) groups is 2. The third-order valence-electron chi connectivity index (χ3n) is 5.15. The van der Waals surface area contributed by atoms with Crippen molar-refractivity contribution in [3.05, 3.63) is 54.4 Å². The molecule has 2 heterocycles. The van der Waals surface area contributed by atoms with Gasteiger partial charge in [-0.15, -0.1) is 0 Å². The summed E-state index contributed by atoms with van der Waals surface area (Å²) < 4.78 is 37.8. The first-order valence-corrected chi connectivity index (χ1v) is 10.7. The minimum atomic E-state index is -4.41. The Kier molecular flexibility index (Phi) is 6.36. The van der Waals surface area contributed by atoms with Gasteiger partial charge in [0.15, 0.2) is 0 Å². The number of nitrogens with zero attached hydrogens (tertiary/aromatic N) is 3. The second-order valence-corrected chi connectivity index (χ2v) is 9.46. The van der Waals surface area contributed by atoms with Crippen LogP contribution in [-0.2, 0) is 4.79 Å². The van der Waals surface area contributed by atoms with Crippen LogP contribution in [0.4, 0.5) is 23.7 Å². The minimum Gasteiger partial charge on any atom is -0.303 e. The molecule has 0 aliphatic carbocycles. The molecule has 0 spiro atoms. The van der Waals surface area contributed by atoms with E-state index in [0.717, 1.165) is 10.5 Å². The number of rotatable bonds is 6. The van der Waals surface area contributed by atoms with E-state index in [4.69, 9.17) is 0 Å². The van der Waals surface area contributed by atoms with Gasteiger partial charge in [-0.3, -0.25) is 9.78 Å². The van der Waals surface area contributed by atoms with Crippen LogP contribution in [0.25, 0.3) is 0 Å². The maximum absolute atomic E-state index is 13.5.